The van der Waals surface area contributed by atoms with Crippen LogP contribution in [0.4, 0.5) is 10.1 Å². The van der Waals surface area contributed by atoms with E-state index in [-0.39, 0.29) is 24.4 Å². The fourth-order valence-corrected chi connectivity index (χ4v) is 3.18. The minimum atomic E-state index is -0.338. The molecule has 1 amide bonds. The number of piperidine rings is 1. The van der Waals surface area contributed by atoms with Crippen LogP contribution in [0.1, 0.15) is 19.8 Å². The summed E-state index contributed by atoms with van der Waals surface area (Å²) < 4.78 is 19.0. The third-order valence-corrected chi connectivity index (χ3v) is 4.62. The van der Waals surface area contributed by atoms with Crippen LogP contribution in [0.3, 0.4) is 0 Å². The highest BCUT2D eigenvalue weighted by atomic mass is 19.1. The second-order valence-electron chi connectivity index (χ2n) is 6.84. The number of aliphatic imine (C=N–C) groups is 1. The maximum atomic E-state index is 13.0. The minimum absolute atomic E-state index is 0.000152. The Labute approximate surface area is 170 Å². The van der Waals surface area contributed by atoms with Crippen molar-refractivity contribution in [3.05, 3.63) is 60.4 Å². The van der Waals surface area contributed by atoms with Crippen molar-refractivity contribution < 1.29 is 13.9 Å². The lowest BCUT2D eigenvalue weighted by Gasteiger charge is -2.34. The van der Waals surface area contributed by atoms with Crippen LogP contribution in [0.15, 0.2) is 59.6 Å². The van der Waals surface area contributed by atoms with Crippen molar-refractivity contribution in [2.24, 2.45) is 4.99 Å². The Balaban J connectivity index is 1.51. The molecule has 154 valence electrons. The Morgan fingerprint density at radius 1 is 1.14 bits per heavy atom. The lowest BCUT2D eigenvalue weighted by atomic mass is 10.1. The van der Waals surface area contributed by atoms with E-state index in [0.29, 0.717) is 5.69 Å². The topological polar surface area (TPSA) is 66.0 Å². The lowest BCUT2D eigenvalue weighted by Crippen LogP contribution is -2.47. The number of carbonyl (C=O) groups is 1. The molecule has 1 aliphatic rings. The third-order valence-electron chi connectivity index (χ3n) is 4.62. The van der Waals surface area contributed by atoms with Crippen LogP contribution in [0.25, 0.3) is 0 Å². The molecule has 2 aromatic rings. The van der Waals surface area contributed by atoms with Gasteiger partial charge in [0, 0.05) is 38.2 Å². The van der Waals surface area contributed by atoms with Crippen LogP contribution in [-0.4, -0.2) is 49.0 Å². The van der Waals surface area contributed by atoms with Gasteiger partial charge in [-0.3, -0.25) is 4.79 Å². The maximum absolute atomic E-state index is 13.0. The van der Waals surface area contributed by atoms with Gasteiger partial charge in [-0.25, -0.2) is 9.38 Å². The molecular formula is C22H27FN4O2. The van der Waals surface area contributed by atoms with E-state index in [1.165, 1.54) is 24.3 Å². The zero-order valence-corrected chi connectivity index (χ0v) is 16.6. The third kappa shape index (κ3) is 6.48. The predicted octanol–water partition coefficient (Wildman–Crippen LogP) is 3.27. The van der Waals surface area contributed by atoms with E-state index in [1.54, 1.807) is 0 Å². The van der Waals surface area contributed by atoms with Crippen molar-refractivity contribution >= 4 is 17.6 Å². The summed E-state index contributed by atoms with van der Waals surface area (Å²) in [5, 5.41) is 5.97. The number of carbonyl (C=O) groups excluding carboxylic acids is 1. The SMILES string of the molecule is CCNC(=NCC(=O)Nc1ccc(F)cc1)N1CCC(Oc2ccccc2)CC1. The number of halogens is 1. The summed E-state index contributed by atoms with van der Waals surface area (Å²) in [6.45, 7) is 4.34. The van der Waals surface area contributed by atoms with E-state index in [1.807, 2.05) is 37.3 Å². The van der Waals surface area contributed by atoms with Crippen molar-refractivity contribution in [1.29, 1.82) is 0 Å². The zero-order valence-electron chi connectivity index (χ0n) is 16.6. The van der Waals surface area contributed by atoms with Gasteiger partial charge in [0.15, 0.2) is 5.96 Å². The highest BCUT2D eigenvalue weighted by Crippen LogP contribution is 2.18. The number of para-hydroxylation sites is 1. The number of likely N-dealkylation sites (tertiary alicyclic amines) is 1. The van der Waals surface area contributed by atoms with E-state index in [4.69, 9.17) is 4.74 Å². The van der Waals surface area contributed by atoms with E-state index < -0.39 is 0 Å². The molecule has 2 N–H and O–H groups in total. The van der Waals surface area contributed by atoms with Crippen molar-refractivity contribution in [2.75, 3.05) is 31.5 Å². The summed E-state index contributed by atoms with van der Waals surface area (Å²) in [7, 11) is 0. The molecule has 7 heteroatoms. The van der Waals surface area contributed by atoms with Gasteiger partial charge in [0.05, 0.1) is 0 Å². The maximum Gasteiger partial charge on any atom is 0.246 e. The van der Waals surface area contributed by atoms with Gasteiger partial charge in [-0.15, -0.1) is 0 Å². The molecule has 29 heavy (non-hydrogen) atoms. The quantitative estimate of drug-likeness (QED) is 0.579. The molecule has 6 nitrogen and oxygen atoms in total. The molecule has 0 aliphatic carbocycles. The summed E-state index contributed by atoms with van der Waals surface area (Å²) in [4.78, 5) is 18.8. The number of hydrogen-bond donors (Lipinski definition) is 2. The summed E-state index contributed by atoms with van der Waals surface area (Å²) in [6.07, 6.45) is 1.96. The molecule has 0 bridgehead atoms. The fraction of sp³-hybridized carbons (Fsp3) is 0.364. The van der Waals surface area contributed by atoms with Gasteiger partial charge in [0.25, 0.3) is 0 Å². The first kappa shape index (κ1) is 20.6. The zero-order chi connectivity index (χ0) is 20.5. The van der Waals surface area contributed by atoms with E-state index in [9.17, 15) is 9.18 Å². The number of anilines is 1. The highest BCUT2D eigenvalue weighted by Gasteiger charge is 2.22. The number of amides is 1. The van der Waals surface area contributed by atoms with Crippen LogP contribution >= 0.6 is 0 Å². The summed E-state index contributed by atoms with van der Waals surface area (Å²) in [5.74, 6) is 1.04. The number of nitrogens with zero attached hydrogens (tertiary/aromatic N) is 2. The predicted molar refractivity (Wildman–Crippen MR) is 113 cm³/mol. The fourth-order valence-electron chi connectivity index (χ4n) is 3.18. The molecule has 0 radical (unpaired) electrons. The molecule has 3 rings (SSSR count). The monoisotopic (exact) mass is 398 g/mol. The highest BCUT2D eigenvalue weighted by molar-refractivity contribution is 5.94. The van der Waals surface area contributed by atoms with E-state index in [0.717, 1.165) is 44.2 Å². The van der Waals surface area contributed by atoms with Crippen molar-refractivity contribution in [1.82, 2.24) is 10.2 Å². The van der Waals surface area contributed by atoms with E-state index >= 15 is 0 Å². The van der Waals surface area contributed by atoms with Gasteiger partial charge in [-0.1, -0.05) is 18.2 Å². The van der Waals surface area contributed by atoms with Gasteiger partial charge in [-0.05, 0) is 43.3 Å². The second kappa shape index (κ2) is 10.5. The standard InChI is InChI=1S/C22H27FN4O2/c1-2-24-22(25-16-21(28)26-18-10-8-17(23)9-11-18)27-14-12-20(13-15-27)29-19-6-4-3-5-7-19/h3-11,20H,2,12-16H2,1H3,(H,24,25)(H,26,28). The largest absolute Gasteiger partial charge is 0.490 e. The molecule has 0 spiro atoms. The molecule has 0 saturated carbocycles. The van der Waals surface area contributed by atoms with E-state index in [2.05, 4.69) is 20.5 Å². The Morgan fingerprint density at radius 2 is 1.83 bits per heavy atom. The number of rotatable bonds is 6. The van der Waals surface area contributed by atoms with Crippen LogP contribution in [0.5, 0.6) is 5.75 Å². The summed E-state index contributed by atoms with van der Waals surface area (Å²) in [5.41, 5.74) is 0.551. The van der Waals surface area contributed by atoms with Gasteiger partial charge in [-0.2, -0.15) is 0 Å². The lowest BCUT2D eigenvalue weighted by molar-refractivity contribution is -0.114. The normalized spacial score (nSPS) is 15.1. The van der Waals surface area contributed by atoms with Gasteiger partial charge < -0.3 is 20.3 Å². The Kier molecular flexibility index (Phi) is 7.44. The van der Waals surface area contributed by atoms with Crippen LogP contribution < -0.4 is 15.4 Å². The number of hydrogen-bond acceptors (Lipinski definition) is 3. The molecule has 1 saturated heterocycles. The summed E-state index contributed by atoms with van der Waals surface area (Å²) in [6, 6.07) is 15.5. The molecule has 0 unspecified atom stereocenters. The first-order valence-corrected chi connectivity index (χ1v) is 9.94. The first-order chi connectivity index (χ1) is 14.1. The smallest absolute Gasteiger partial charge is 0.246 e. The number of guanidine groups is 1. The van der Waals surface area contributed by atoms with Gasteiger partial charge in [0.1, 0.15) is 24.2 Å². The molecule has 0 aromatic heterocycles. The van der Waals surface area contributed by atoms with Gasteiger partial charge in [0.2, 0.25) is 5.91 Å². The Hall–Kier alpha value is -3.09. The average Bonchev–Trinajstić information content (AvgIpc) is 2.74. The minimum Gasteiger partial charge on any atom is -0.490 e. The Bertz CT molecular complexity index is 803. The van der Waals surface area contributed by atoms with Crippen LogP contribution in [-0.2, 0) is 4.79 Å². The molecule has 0 atom stereocenters. The number of benzene rings is 2. The summed E-state index contributed by atoms with van der Waals surface area (Å²) >= 11 is 0. The molecular weight excluding hydrogens is 371 g/mol. The molecule has 1 fully saturated rings. The molecule has 2 aromatic carbocycles. The van der Waals surface area contributed by atoms with Gasteiger partial charge >= 0.3 is 0 Å². The van der Waals surface area contributed by atoms with Crippen molar-refractivity contribution in [2.45, 2.75) is 25.9 Å². The number of ether oxygens (including phenoxy) is 1. The number of nitrogens with one attached hydrogen (secondary N) is 2. The molecule has 1 heterocycles. The average molecular weight is 398 g/mol. The Morgan fingerprint density at radius 3 is 2.48 bits per heavy atom. The van der Waals surface area contributed by atoms with Crippen LogP contribution in [0, 0.1) is 5.82 Å². The first-order valence-electron chi connectivity index (χ1n) is 9.94. The second-order valence-corrected chi connectivity index (χ2v) is 6.84. The van der Waals surface area contributed by atoms with Crippen LogP contribution in [0.2, 0.25) is 0 Å². The van der Waals surface area contributed by atoms with Crippen molar-refractivity contribution in [3.8, 4) is 5.75 Å². The molecule has 1 aliphatic heterocycles. The van der Waals surface area contributed by atoms with Crippen molar-refractivity contribution in [3.63, 3.8) is 0 Å².